The van der Waals surface area contributed by atoms with Crippen LogP contribution in [0.5, 0.6) is 0 Å². The van der Waals surface area contributed by atoms with Gasteiger partial charge in [-0.3, -0.25) is 0 Å². The van der Waals surface area contributed by atoms with Crippen molar-refractivity contribution in [1.82, 2.24) is 4.31 Å². The molecule has 1 aliphatic heterocycles. The zero-order valence-corrected chi connectivity index (χ0v) is 13.5. The van der Waals surface area contributed by atoms with Crippen LogP contribution >= 0.6 is 27.5 Å². The summed E-state index contributed by atoms with van der Waals surface area (Å²) in [5, 5.41) is 10.0. The topological polar surface area (TPSA) is 57.6 Å². The molecule has 0 saturated carbocycles. The van der Waals surface area contributed by atoms with Crippen LogP contribution in [0.4, 0.5) is 0 Å². The minimum absolute atomic E-state index is 0.0680. The minimum Gasteiger partial charge on any atom is -0.391 e. The van der Waals surface area contributed by atoms with Crippen molar-refractivity contribution >= 4 is 37.6 Å². The summed E-state index contributed by atoms with van der Waals surface area (Å²) in [5.74, 6) is 0.112. The second-order valence-electron chi connectivity index (χ2n) is 4.75. The molecule has 1 aromatic rings. The number of hydrogen-bond donors (Lipinski definition) is 1. The number of hydrogen-bond acceptors (Lipinski definition) is 3. The van der Waals surface area contributed by atoms with Crippen LogP contribution in [-0.4, -0.2) is 37.0 Å². The lowest BCUT2D eigenvalue weighted by molar-refractivity contribution is 0.0605. The Bertz CT molecular complexity index is 558. The molecule has 1 fully saturated rings. The molecular weight excluding hydrogens is 354 g/mol. The van der Waals surface area contributed by atoms with Crippen LogP contribution in [0.3, 0.4) is 0 Å². The molecule has 106 valence electrons. The average Bonchev–Trinajstić information content (AvgIpc) is 2.32. The summed E-state index contributed by atoms with van der Waals surface area (Å²) in [6.07, 6.45) is 0.00688. The molecule has 0 radical (unpaired) electrons. The Kier molecular flexibility index (Phi) is 4.57. The van der Waals surface area contributed by atoms with Crippen LogP contribution in [0.25, 0.3) is 0 Å². The van der Waals surface area contributed by atoms with E-state index in [2.05, 4.69) is 15.9 Å². The lowest BCUT2D eigenvalue weighted by atomic mass is 9.98. The van der Waals surface area contributed by atoms with Gasteiger partial charge in [0.15, 0.2) is 0 Å². The maximum Gasteiger partial charge on any atom is 0.245 e. The number of aliphatic hydroxyl groups is 1. The van der Waals surface area contributed by atoms with Gasteiger partial charge in [0.2, 0.25) is 10.0 Å². The second-order valence-corrected chi connectivity index (χ2v) is 7.88. The van der Waals surface area contributed by atoms with E-state index in [1.165, 1.54) is 4.31 Å². The summed E-state index contributed by atoms with van der Waals surface area (Å²) in [6.45, 7) is 2.43. The number of β-amino-alcohol motifs (C(OH)–C–C–N with tert-alkyl or cyclic N) is 1. The summed E-state index contributed by atoms with van der Waals surface area (Å²) in [6, 6.07) is 4.86. The largest absolute Gasteiger partial charge is 0.391 e. The molecule has 19 heavy (non-hydrogen) atoms. The fraction of sp³-hybridized carbons (Fsp3) is 0.500. The maximum atomic E-state index is 12.6. The van der Waals surface area contributed by atoms with Gasteiger partial charge in [0.05, 0.1) is 11.1 Å². The number of benzene rings is 1. The molecule has 2 unspecified atom stereocenters. The maximum absolute atomic E-state index is 12.6. The number of halogens is 2. The summed E-state index contributed by atoms with van der Waals surface area (Å²) >= 11 is 9.22. The number of sulfonamides is 1. The molecule has 4 nitrogen and oxygen atoms in total. The Morgan fingerprint density at radius 2 is 2.16 bits per heavy atom. The normalized spacial score (nSPS) is 25.5. The van der Waals surface area contributed by atoms with Crippen molar-refractivity contribution in [2.24, 2.45) is 5.92 Å². The van der Waals surface area contributed by atoms with Gasteiger partial charge in [-0.15, -0.1) is 0 Å². The monoisotopic (exact) mass is 367 g/mol. The van der Waals surface area contributed by atoms with E-state index in [1.54, 1.807) is 18.2 Å². The first-order chi connectivity index (χ1) is 8.84. The smallest absolute Gasteiger partial charge is 0.245 e. The highest BCUT2D eigenvalue weighted by Crippen LogP contribution is 2.33. The van der Waals surface area contributed by atoms with E-state index in [9.17, 15) is 13.5 Å². The molecule has 1 N–H and O–H groups in total. The third-order valence-corrected chi connectivity index (χ3v) is 6.72. The van der Waals surface area contributed by atoms with Gasteiger partial charge in [0, 0.05) is 17.6 Å². The lowest BCUT2D eigenvalue weighted by Crippen LogP contribution is -2.45. The zero-order chi connectivity index (χ0) is 14.2. The molecule has 1 aliphatic rings. The van der Waals surface area contributed by atoms with E-state index < -0.39 is 16.1 Å². The second kappa shape index (κ2) is 5.69. The van der Waals surface area contributed by atoms with E-state index in [0.29, 0.717) is 17.4 Å². The summed E-state index contributed by atoms with van der Waals surface area (Å²) in [5.41, 5.74) is 0. The van der Waals surface area contributed by atoms with Crippen molar-refractivity contribution in [3.05, 3.63) is 27.7 Å². The summed E-state index contributed by atoms with van der Waals surface area (Å²) < 4.78 is 26.9. The molecule has 1 heterocycles. The zero-order valence-electron chi connectivity index (χ0n) is 10.4. The van der Waals surface area contributed by atoms with Crippen molar-refractivity contribution in [3.63, 3.8) is 0 Å². The minimum atomic E-state index is -3.69. The van der Waals surface area contributed by atoms with Crippen molar-refractivity contribution in [1.29, 1.82) is 0 Å². The van der Waals surface area contributed by atoms with E-state index >= 15 is 0 Å². The Balaban J connectivity index is 2.38. The molecule has 1 saturated heterocycles. The van der Waals surface area contributed by atoms with E-state index in [0.717, 1.165) is 0 Å². The fourth-order valence-electron chi connectivity index (χ4n) is 2.10. The van der Waals surface area contributed by atoms with Gasteiger partial charge in [-0.05, 0) is 40.4 Å². The van der Waals surface area contributed by atoms with Crippen molar-refractivity contribution in [2.75, 3.05) is 13.1 Å². The van der Waals surface area contributed by atoms with Gasteiger partial charge in [0.25, 0.3) is 0 Å². The van der Waals surface area contributed by atoms with Crippen LogP contribution in [0.15, 0.2) is 27.6 Å². The fourth-order valence-corrected chi connectivity index (χ4v) is 5.24. The van der Waals surface area contributed by atoms with E-state index in [4.69, 9.17) is 11.6 Å². The number of aliphatic hydroxyl groups excluding tert-OH is 1. The molecule has 1 aromatic carbocycles. The third-order valence-electron chi connectivity index (χ3n) is 3.40. The quantitative estimate of drug-likeness (QED) is 0.872. The van der Waals surface area contributed by atoms with Crippen LogP contribution in [0.2, 0.25) is 5.02 Å². The first-order valence-electron chi connectivity index (χ1n) is 5.96. The molecule has 2 rings (SSSR count). The predicted octanol–water partition coefficient (Wildman–Crippen LogP) is 2.49. The molecule has 0 amide bonds. The van der Waals surface area contributed by atoms with Gasteiger partial charge in [-0.2, -0.15) is 4.31 Å². The Labute approximate surface area is 126 Å². The SMILES string of the molecule is CC1CCN(S(=O)(=O)c2c(Cl)cccc2Br)CC1O. The van der Waals surface area contributed by atoms with Gasteiger partial charge in [-0.1, -0.05) is 24.6 Å². The van der Waals surface area contributed by atoms with Gasteiger partial charge in [0.1, 0.15) is 4.90 Å². The van der Waals surface area contributed by atoms with Crippen molar-refractivity contribution < 1.29 is 13.5 Å². The molecule has 2 atom stereocenters. The molecule has 0 bridgehead atoms. The highest BCUT2D eigenvalue weighted by Gasteiger charge is 2.34. The van der Waals surface area contributed by atoms with Crippen molar-refractivity contribution in [2.45, 2.75) is 24.3 Å². The Morgan fingerprint density at radius 3 is 2.74 bits per heavy atom. The molecular formula is C12H15BrClNO3S. The number of piperidine rings is 1. The molecule has 7 heteroatoms. The van der Waals surface area contributed by atoms with Crippen molar-refractivity contribution in [3.8, 4) is 0 Å². The van der Waals surface area contributed by atoms with E-state index in [-0.39, 0.29) is 22.4 Å². The number of rotatable bonds is 2. The van der Waals surface area contributed by atoms with Crippen LogP contribution in [0, 0.1) is 5.92 Å². The summed E-state index contributed by atoms with van der Waals surface area (Å²) in [4.78, 5) is 0.0680. The number of nitrogens with zero attached hydrogens (tertiary/aromatic N) is 1. The highest BCUT2D eigenvalue weighted by atomic mass is 79.9. The van der Waals surface area contributed by atoms with Gasteiger partial charge in [-0.25, -0.2) is 8.42 Å². The predicted molar refractivity (Wildman–Crippen MR) is 77.7 cm³/mol. The average molecular weight is 369 g/mol. The van der Waals surface area contributed by atoms with Gasteiger partial charge < -0.3 is 5.11 Å². The van der Waals surface area contributed by atoms with Crippen LogP contribution in [0.1, 0.15) is 13.3 Å². The highest BCUT2D eigenvalue weighted by molar-refractivity contribution is 9.10. The molecule has 0 aromatic heterocycles. The van der Waals surface area contributed by atoms with Crippen LogP contribution < -0.4 is 0 Å². The summed E-state index contributed by atoms with van der Waals surface area (Å²) in [7, 11) is -3.69. The van der Waals surface area contributed by atoms with E-state index in [1.807, 2.05) is 6.92 Å². The molecule has 0 aliphatic carbocycles. The Hall–Kier alpha value is -0.140. The first kappa shape index (κ1) is 15.3. The van der Waals surface area contributed by atoms with Gasteiger partial charge >= 0.3 is 0 Å². The molecule has 0 spiro atoms. The first-order valence-corrected chi connectivity index (χ1v) is 8.57. The third kappa shape index (κ3) is 2.97. The Morgan fingerprint density at radius 1 is 1.47 bits per heavy atom. The van der Waals surface area contributed by atoms with Crippen LogP contribution in [-0.2, 0) is 10.0 Å². The lowest BCUT2D eigenvalue weighted by Gasteiger charge is -2.33. The standard InChI is InChI=1S/C12H15BrClNO3S/c1-8-5-6-15(7-11(8)16)19(17,18)12-9(13)3-2-4-10(12)14/h2-4,8,11,16H,5-7H2,1H3.